The lowest BCUT2D eigenvalue weighted by molar-refractivity contribution is -0.125. The standard InChI is InChI=1S/C20H21N3O2/c1-14-11-15(2)23(21-14)18-7-9-22(13-18)20(24)17-8-10-25-19-6-4-3-5-16(19)12-17/h3-6,8,10-12,18H,7,9,13H2,1-2H3. The Morgan fingerprint density at radius 3 is 2.92 bits per heavy atom. The lowest BCUT2D eigenvalue weighted by Gasteiger charge is -2.18. The van der Waals surface area contributed by atoms with Crippen molar-refractivity contribution in [2.45, 2.75) is 26.3 Å². The normalized spacial score (nSPS) is 19.2. The number of hydrogen-bond acceptors (Lipinski definition) is 3. The van der Waals surface area contributed by atoms with Crippen LogP contribution in [0.15, 0.2) is 48.2 Å². The Morgan fingerprint density at radius 1 is 1.28 bits per heavy atom. The van der Waals surface area contributed by atoms with E-state index in [0.717, 1.165) is 35.7 Å². The highest BCUT2D eigenvalue weighted by molar-refractivity contribution is 6.01. The number of hydrogen-bond donors (Lipinski definition) is 0. The van der Waals surface area contributed by atoms with Crippen molar-refractivity contribution in [2.24, 2.45) is 0 Å². The Kier molecular flexibility index (Phi) is 3.92. The average molecular weight is 335 g/mol. The predicted molar refractivity (Wildman–Crippen MR) is 96.1 cm³/mol. The minimum Gasteiger partial charge on any atom is -0.464 e. The molecule has 1 amide bonds. The van der Waals surface area contributed by atoms with Gasteiger partial charge in [0.15, 0.2) is 0 Å². The molecular weight excluding hydrogens is 314 g/mol. The highest BCUT2D eigenvalue weighted by atomic mass is 16.5. The van der Waals surface area contributed by atoms with Gasteiger partial charge in [0.1, 0.15) is 5.75 Å². The van der Waals surface area contributed by atoms with Crippen molar-refractivity contribution >= 4 is 12.0 Å². The third-order valence-corrected chi connectivity index (χ3v) is 4.76. The van der Waals surface area contributed by atoms with Gasteiger partial charge in [-0.3, -0.25) is 9.48 Å². The van der Waals surface area contributed by atoms with Gasteiger partial charge >= 0.3 is 0 Å². The van der Waals surface area contributed by atoms with Crippen LogP contribution in [0.2, 0.25) is 0 Å². The van der Waals surface area contributed by atoms with E-state index < -0.39 is 0 Å². The monoisotopic (exact) mass is 335 g/mol. The van der Waals surface area contributed by atoms with E-state index in [1.807, 2.05) is 42.2 Å². The molecule has 0 bridgehead atoms. The maximum Gasteiger partial charge on any atom is 0.254 e. The highest BCUT2D eigenvalue weighted by Crippen LogP contribution is 2.28. The average Bonchev–Trinajstić information content (AvgIpc) is 3.14. The van der Waals surface area contributed by atoms with Crippen molar-refractivity contribution in [1.82, 2.24) is 14.7 Å². The molecule has 5 heteroatoms. The number of fused-ring (bicyclic) bond motifs is 1. The molecule has 2 aliphatic rings. The lowest BCUT2D eigenvalue weighted by Crippen LogP contribution is -2.30. The number of likely N-dealkylation sites (tertiary alicyclic amines) is 1. The fourth-order valence-corrected chi connectivity index (χ4v) is 3.56. The van der Waals surface area contributed by atoms with E-state index >= 15 is 0 Å². The third kappa shape index (κ3) is 2.97. The van der Waals surface area contributed by atoms with Gasteiger partial charge in [0.05, 0.1) is 18.0 Å². The first-order chi connectivity index (χ1) is 12.1. The predicted octanol–water partition coefficient (Wildman–Crippen LogP) is 3.26. The summed E-state index contributed by atoms with van der Waals surface area (Å²) in [5, 5.41) is 4.57. The fraction of sp³-hybridized carbons (Fsp3) is 0.300. The Labute approximate surface area is 147 Å². The summed E-state index contributed by atoms with van der Waals surface area (Å²) >= 11 is 0. The van der Waals surface area contributed by atoms with Crippen LogP contribution in [0.5, 0.6) is 5.75 Å². The molecule has 1 atom stereocenters. The Hall–Kier alpha value is -2.82. The van der Waals surface area contributed by atoms with Gasteiger partial charge in [-0.1, -0.05) is 18.2 Å². The first kappa shape index (κ1) is 15.7. The summed E-state index contributed by atoms with van der Waals surface area (Å²) in [6.07, 6.45) is 6.17. The number of benzene rings is 1. The van der Waals surface area contributed by atoms with Crippen LogP contribution in [0, 0.1) is 13.8 Å². The number of ether oxygens (including phenoxy) is 1. The molecule has 128 valence electrons. The molecule has 5 nitrogen and oxygen atoms in total. The van der Waals surface area contributed by atoms with E-state index in [-0.39, 0.29) is 11.9 Å². The number of para-hydroxylation sites is 1. The van der Waals surface area contributed by atoms with Gasteiger partial charge in [-0.2, -0.15) is 5.10 Å². The zero-order valence-electron chi connectivity index (χ0n) is 14.5. The summed E-state index contributed by atoms with van der Waals surface area (Å²) in [5.41, 5.74) is 3.74. The van der Waals surface area contributed by atoms with E-state index in [1.54, 1.807) is 12.3 Å². The van der Waals surface area contributed by atoms with E-state index in [4.69, 9.17) is 4.74 Å². The zero-order chi connectivity index (χ0) is 17.4. The van der Waals surface area contributed by atoms with Crippen LogP contribution in [0.25, 0.3) is 6.08 Å². The Morgan fingerprint density at radius 2 is 2.12 bits per heavy atom. The largest absolute Gasteiger partial charge is 0.464 e. The molecule has 25 heavy (non-hydrogen) atoms. The van der Waals surface area contributed by atoms with Crippen LogP contribution in [0.4, 0.5) is 0 Å². The molecule has 1 saturated heterocycles. The Bertz CT molecular complexity index is 879. The minimum absolute atomic E-state index is 0.0422. The zero-order valence-corrected chi connectivity index (χ0v) is 14.5. The van der Waals surface area contributed by atoms with Gasteiger partial charge in [-0.05, 0) is 44.6 Å². The van der Waals surface area contributed by atoms with Gasteiger partial charge in [-0.25, -0.2) is 0 Å². The molecule has 3 heterocycles. The lowest BCUT2D eigenvalue weighted by atomic mass is 10.1. The van der Waals surface area contributed by atoms with Crippen molar-refractivity contribution in [3.05, 3.63) is 65.2 Å². The van der Waals surface area contributed by atoms with E-state index in [0.29, 0.717) is 12.1 Å². The summed E-state index contributed by atoms with van der Waals surface area (Å²) in [5.74, 6) is 0.809. The van der Waals surface area contributed by atoms with Crippen LogP contribution < -0.4 is 4.74 Å². The molecule has 0 spiro atoms. The second kappa shape index (κ2) is 6.24. The van der Waals surface area contributed by atoms with Crippen LogP contribution in [-0.4, -0.2) is 33.7 Å². The molecule has 0 radical (unpaired) electrons. The molecule has 4 rings (SSSR count). The number of aryl methyl sites for hydroxylation is 2. The van der Waals surface area contributed by atoms with Crippen LogP contribution in [0.3, 0.4) is 0 Å². The molecule has 2 aromatic rings. The minimum atomic E-state index is 0.0422. The quantitative estimate of drug-likeness (QED) is 0.846. The molecular formula is C20H21N3O2. The molecule has 1 unspecified atom stereocenters. The summed E-state index contributed by atoms with van der Waals surface area (Å²) in [4.78, 5) is 14.9. The third-order valence-electron chi connectivity index (χ3n) is 4.76. The molecule has 0 saturated carbocycles. The summed E-state index contributed by atoms with van der Waals surface area (Å²) in [6.45, 7) is 5.50. The van der Waals surface area contributed by atoms with E-state index in [9.17, 15) is 4.79 Å². The SMILES string of the molecule is Cc1cc(C)n(C2CCN(C(=O)C3=Cc4ccccc4OC=C3)C2)n1. The van der Waals surface area contributed by atoms with Gasteiger partial charge in [0, 0.05) is 29.9 Å². The number of rotatable bonds is 2. The number of amides is 1. The van der Waals surface area contributed by atoms with Crippen LogP contribution >= 0.6 is 0 Å². The summed E-state index contributed by atoms with van der Waals surface area (Å²) < 4.78 is 7.64. The highest BCUT2D eigenvalue weighted by Gasteiger charge is 2.30. The second-order valence-electron chi connectivity index (χ2n) is 6.62. The van der Waals surface area contributed by atoms with Gasteiger partial charge in [0.2, 0.25) is 0 Å². The number of carbonyl (C=O) groups excluding carboxylic acids is 1. The first-order valence-corrected chi connectivity index (χ1v) is 8.58. The molecule has 0 aliphatic carbocycles. The van der Waals surface area contributed by atoms with Crippen LogP contribution in [-0.2, 0) is 4.79 Å². The molecule has 1 fully saturated rings. The van der Waals surface area contributed by atoms with Crippen molar-refractivity contribution in [3.63, 3.8) is 0 Å². The van der Waals surface area contributed by atoms with Crippen molar-refractivity contribution in [3.8, 4) is 5.75 Å². The maximum absolute atomic E-state index is 13.0. The first-order valence-electron chi connectivity index (χ1n) is 8.58. The summed E-state index contributed by atoms with van der Waals surface area (Å²) in [7, 11) is 0. The molecule has 2 aliphatic heterocycles. The van der Waals surface area contributed by atoms with Crippen molar-refractivity contribution in [2.75, 3.05) is 13.1 Å². The van der Waals surface area contributed by atoms with Crippen molar-refractivity contribution < 1.29 is 9.53 Å². The van der Waals surface area contributed by atoms with Crippen molar-refractivity contribution in [1.29, 1.82) is 0 Å². The van der Waals surface area contributed by atoms with Gasteiger partial charge < -0.3 is 9.64 Å². The Balaban J connectivity index is 1.54. The number of aromatic nitrogens is 2. The van der Waals surface area contributed by atoms with E-state index in [1.165, 1.54) is 0 Å². The van der Waals surface area contributed by atoms with Gasteiger partial charge in [-0.15, -0.1) is 0 Å². The van der Waals surface area contributed by atoms with Gasteiger partial charge in [0.25, 0.3) is 5.91 Å². The number of carbonyl (C=O) groups is 1. The molecule has 1 aromatic heterocycles. The molecule has 1 aromatic carbocycles. The molecule has 0 N–H and O–H groups in total. The second-order valence-corrected chi connectivity index (χ2v) is 6.62. The smallest absolute Gasteiger partial charge is 0.254 e. The topological polar surface area (TPSA) is 47.4 Å². The fourth-order valence-electron chi connectivity index (χ4n) is 3.56. The number of nitrogens with zero attached hydrogens (tertiary/aromatic N) is 3. The van der Waals surface area contributed by atoms with E-state index in [2.05, 4.69) is 22.8 Å². The van der Waals surface area contributed by atoms with Crippen LogP contribution in [0.1, 0.15) is 29.4 Å². The summed E-state index contributed by atoms with van der Waals surface area (Å²) in [6, 6.07) is 10.1. The maximum atomic E-state index is 13.0.